The summed E-state index contributed by atoms with van der Waals surface area (Å²) in [6.07, 6.45) is -0.968. The molecule has 0 fully saturated rings. The van der Waals surface area contributed by atoms with Gasteiger partial charge < -0.3 is 4.74 Å². The zero-order chi connectivity index (χ0) is 10.6. The van der Waals surface area contributed by atoms with Crippen LogP contribution in [0.4, 0.5) is 0 Å². The van der Waals surface area contributed by atoms with E-state index < -0.39 is 6.39 Å². The molecule has 0 aliphatic heterocycles. The van der Waals surface area contributed by atoms with Gasteiger partial charge in [-0.25, -0.2) is 5.84 Å². The second-order valence-electron chi connectivity index (χ2n) is 0.942. The summed E-state index contributed by atoms with van der Waals surface area (Å²) in [5.74, 6) is 12.1. The predicted molar refractivity (Wildman–Crippen MR) is 39.5 cm³/mol. The monoisotopic (exact) mass is 167 g/mol. The van der Waals surface area contributed by atoms with Gasteiger partial charge in [0.15, 0.2) is 0 Å². The van der Waals surface area contributed by atoms with E-state index in [0.717, 1.165) is 0 Å². The van der Waals surface area contributed by atoms with E-state index in [4.69, 9.17) is 1.37 Å². The normalized spacial score (nSPS) is 6.82. The van der Waals surface area contributed by atoms with Crippen LogP contribution in [0.15, 0.2) is 0 Å². The summed E-state index contributed by atoms with van der Waals surface area (Å²) >= 11 is 0. The highest BCUT2D eigenvalue weighted by Gasteiger charge is 1.75. The molecule has 0 aliphatic carbocycles. The molecule has 7 N–H and O–H groups in total. The number of ether oxygens (including phenoxy) is 1. The maximum absolute atomic E-state index is 9.59. The second kappa shape index (κ2) is 23.2. The Balaban J connectivity index is -0.000000112. The largest absolute Gasteiger partial charge is 0.469 e. The van der Waals surface area contributed by atoms with Gasteiger partial charge in [-0.05, 0) is 0 Å². The van der Waals surface area contributed by atoms with Crippen molar-refractivity contribution in [3.63, 3.8) is 0 Å². The molecule has 0 unspecified atom stereocenters. The van der Waals surface area contributed by atoms with Crippen LogP contribution in [0.5, 0.6) is 0 Å². The fourth-order valence-corrected chi connectivity index (χ4v) is 0. The van der Waals surface area contributed by atoms with Crippen molar-refractivity contribution < 1.29 is 15.7 Å². The number of esters is 1. The molecule has 0 aliphatic rings. The van der Waals surface area contributed by atoms with Crippen molar-refractivity contribution in [2.24, 2.45) is 17.5 Å². The summed E-state index contributed by atoms with van der Waals surface area (Å²) in [6.45, 7) is 1.36. The summed E-state index contributed by atoms with van der Waals surface area (Å²) in [4.78, 5) is 18.8. The molecular weight excluding hydrogens is 152 g/mol. The van der Waals surface area contributed by atoms with Crippen molar-refractivity contribution >= 4 is 12.4 Å². The molecule has 11 heavy (non-hydrogen) atoms. The lowest BCUT2D eigenvalue weighted by Crippen LogP contribution is -2.18. The first-order valence-corrected chi connectivity index (χ1v) is 2.39. The summed E-state index contributed by atoms with van der Waals surface area (Å²) in [5.41, 5.74) is 1.56. The van der Waals surface area contributed by atoms with Gasteiger partial charge in [-0.2, -0.15) is 0 Å². The quantitative estimate of drug-likeness (QED) is 0.104. The first-order chi connectivity index (χ1) is 5.54. The van der Waals surface area contributed by atoms with Gasteiger partial charge in [0.2, 0.25) is 6.39 Å². The van der Waals surface area contributed by atoms with Gasteiger partial charge in [0.1, 0.15) is 1.37 Å². The lowest BCUT2D eigenvalue weighted by atomic mass is 10.8. The van der Waals surface area contributed by atoms with Crippen LogP contribution in [0.2, 0.25) is 0 Å². The molecule has 0 aromatic heterocycles. The van der Waals surface area contributed by atoms with Crippen LogP contribution in [0.25, 0.3) is 0 Å². The minimum atomic E-state index is -0.968. The van der Waals surface area contributed by atoms with Gasteiger partial charge in [0, 0.05) is 6.92 Å². The Labute approximate surface area is 66.2 Å². The number of methoxy groups -OCH3 is 1. The Morgan fingerprint density at radius 3 is 1.91 bits per heavy atom. The highest BCUT2D eigenvalue weighted by Crippen LogP contribution is 1.60. The molecule has 1 amide bonds. The number of carbonyl (C=O) groups excluding carboxylic acids is 2. The van der Waals surface area contributed by atoms with Gasteiger partial charge in [-0.3, -0.25) is 26.7 Å². The van der Waals surface area contributed by atoms with Gasteiger partial charge in [-0.15, -0.1) is 0 Å². The molecule has 7 nitrogen and oxygen atoms in total. The number of hydrazine groups is 2. The number of hydrogen-bond donors (Lipinski definition) is 4. The molecule has 7 heteroatoms. The number of amides is 1. The molecule has 0 rings (SSSR count). The molecule has 0 aromatic rings. The summed E-state index contributed by atoms with van der Waals surface area (Å²) in [5, 5.41) is 0. The van der Waals surface area contributed by atoms with Crippen molar-refractivity contribution in [3.05, 3.63) is 0 Å². The molecule has 0 aromatic carbocycles. The standard InChI is InChI=1S/C3H6O2.CH4N2O.H4N2/c1-3(4)5-2;2-3-1-4;1-2/h1-2H3;1H,2H2,(H,3,4);1-2H2/i;1D;. The Morgan fingerprint density at radius 1 is 1.73 bits per heavy atom. The van der Waals surface area contributed by atoms with Crippen LogP contribution in [0, 0.1) is 0 Å². The van der Waals surface area contributed by atoms with E-state index in [1.807, 2.05) is 0 Å². The van der Waals surface area contributed by atoms with E-state index in [1.54, 1.807) is 5.43 Å². The molecule has 0 heterocycles. The average Bonchev–Trinajstić information content (AvgIpc) is 2.09. The van der Waals surface area contributed by atoms with Crippen LogP contribution < -0.4 is 23.0 Å². The van der Waals surface area contributed by atoms with E-state index in [0.29, 0.717) is 0 Å². The van der Waals surface area contributed by atoms with Crippen molar-refractivity contribution in [2.45, 2.75) is 6.92 Å². The number of nitrogens with one attached hydrogen (secondary N) is 1. The predicted octanol–water partition coefficient (Wildman–Crippen LogP) is -2.40. The van der Waals surface area contributed by atoms with Gasteiger partial charge in [0.05, 0.1) is 7.11 Å². The summed E-state index contributed by atoms with van der Waals surface area (Å²) in [7, 11) is 1.35. The maximum Gasteiger partial charge on any atom is 0.302 e. The fraction of sp³-hybridized carbons (Fsp3) is 0.500. The third kappa shape index (κ3) is 124. The van der Waals surface area contributed by atoms with Crippen LogP contribution in [-0.2, 0) is 14.3 Å². The van der Waals surface area contributed by atoms with Crippen LogP contribution in [-0.4, -0.2) is 19.5 Å². The first-order valence-electron chi connectivity index (χ1n) is 2.89. The second-order valence-corrected chi connectivity index (χ2v) is 0.942. The van der Waals surface area contributed by atoms with E-state index in [-0.39, 0.29) is 5.97 Å². The zero-order valence-corrected chi connectivity index (χ0v) is 6.46. The minimum Gasteiger partial charge on any atom is -0.469 e. The van der Waals surface area contributed by atoms with E-state index in [9.17, 15) is 9.59 Å². The SMILES string of the molecule is COC(C)=O.NN.[2H]C(=O)NN. The van der Waals surface area contributed by atoms with Crippen LogP contribution in [0.3, 0.4) is 0 Å². The number of nitrogens with two attached hydrogens (primary N) is 3. The highest BCUT2D eigenvalue weighted by atomic mass is 16.5. The smallest absolute Gasteiger partial charge is 0.302 e. The van der Waals surface area contributed by atoms with E-state index in [1.165, 1.54) is 14.0 Å². The van der Waals surface area contributed by atoms with Crippen LogP contribution >= 0.6 is 0 Å². The van der Waals surface area contributed by atoms with E-state index in [2.05, 4.69) is 22.3 Å². The third-order valence-electron chi connectivity index (χ3n) is 0.346. The highest BCUT2D eigenvalue weighted by molar-refractivity contribution is 5.65. The lowest BCUT2D eigenvalue weighted by Gasteiger charge is -1.80. The average molecular weight is 167 g/mol. The summed E-state index contributed by atoms with van der Waals surface area (Å²) < 4.78 is 10.1. The lowest BCUT2D eigenvalue weighted by molar-refractivity contribution is -0.137. The Bertz CT molecular complexity index is 107. The fourth-order valence-electron chi connectivity index (χ4n) is 0. The molecular formula is C4H14N4O3. The first kappa shape index (κ1) is 12.5. The Hall–Kier alpha value is -1.18. The molecule has 0 atom stereocenters. The molecule has 68 valence electrons. The molecule has 0 spiro atoms. The number of hydrogen-bond acceptors (Lipinski definition) is 6. The summed E-state index contributed by atoms with van der Waals surface area (Å²) in [6, 6.07) is 0. The van der Waals surface area contributed by atoms with Crippen molar-refractivity contribution in [3.8, 4) is 0 Å². The van der Waals surface area contributed by atoms with Gasteiger partial charge >= 0.3 is 5.97 Å². The Morgan fingerprint density at radius 2 is 1.91 bits per heavy atom. The van der Waals surface area contributed by atoms with Crippen molar-refractivity contribution in [1.82, 2.24) is 5.43 Å². The third-order valence-corrected chi connectivity index (χ3v) is 0.346. The minimum absolute atomic E-state index is 0.245. The molecule has 0 saturated carbocycles. The van der Waals surface area contributed by atoms with Gasteiger partial charge in [0.25, 0.3) is 0 Å². The Kier molecular flexibility index (Phi) is 26.4. The maximum atomic E-state index is 9.59. The zero-order valence-electron chi connectivity index (χ0n) is 7.46. The van der Waals surface area contributed by atoms with Gasteiger partial charge in [-0.1, -0.05) is 0 Å². The number of rotatable bonds is 0. The van der Waals surface area contributed by atoms with Crippen LogP contribution in [0.1, 0.15) is 8.29 Å². The number of carbonyl (C=O) groups is 2. The molecule has 0 radical (unpaired) electrons. The topological polar surface area (TPSA) is 133 Å². The molecule has 0 bridgehead atoms. The molecule has 0 saturated heterocycles. The van der Waals surface area contributed by atoms with Crippen molar-refractivity contribution in [1.29, 1.82) is 0 Å². The van der Waals surface area contributed by atoms with E-state index >= 15 is 0 Å². The van der Waals surface area contributed by atoms with Crippen molar-refractivity contribution in [2.75, 3.05) is 7.11 Å².